The summed E-state index contributed by atoms with van der Waals surface area (Å²) in [6.07, 6.45) is 2.14. The molecule has 1 aromatic carbocycles. The molecule has 2 aromatic rings. The summed E-state index contributed by atoms with van der Waals surface area (Å²) in [6.45, 7) is 5.58. The van der Waals surface area contributed by atoms with Gasteiger partial charge in [0, 0.05) is 31.4 Å². The third kappa shape index (κ3) is 3.19. The van der Waals surface area contributed by atoms with Gasteiger partial charge >= 0.3 is 5.69 Å². The van der Waals surface area contributed by atoms with Crippen LogP contribution in [0.4, 0.5) is 0 Å². The van der Waals surface area contributed by atoms with E-state index < -0.39 is 0 Å². The van der Waals surface area contributed by atoms with E-state index in [2.05, 4.69) is 16.8 Å². The average molecular weight is 305 g/mol. The van der Waals surface area contributed by atoms with Crippen LogP contribution in [0, 0.1) is 0 Å². The minimum atomic E-state index is 0.0381. The zero-order chi connectivity index (χ0) is 14.7. The van der Waals surface area contributed by atoms with Gasteiger partial charge in [-0.15, -0.1) is 0 Å². The number of nitrogens with one attached hydrogen (secondary N) is 1. The summed E-state index contributed by atoms with van der Waals surface area (Å²) in [6, 6.07) is 8.32. The van der Waals surface area contributed by atoms with Crippen molar-refractivity contribution in [3.8, 4) is 0 Å². The Morgan fingerprint density at radius 3 is 2.81 bits per heavy atom. The minimum absolute atomic E-state index is 0.0381. The number of piperidine rings is 1. The van der Waals surface area contributed by atoms with E-state index in [1.54, 1.807) is 0 Å². The van der Waals surface area contributed by atoms with Gasteiger partial charge in [-0.05, 0) is 30.7 Å². The highest BCUT2D eigenvalue weighted by molar-refractivity contribution is 7.99. The van der Waals surface area contributed by atoms with Gasteiger partial charge in [0.15, 0.2) is 0 Å². The van der Waals surface area contributed by atoms with Crippen LogP contribution in [0.5, 0.6) is 0 Å². The smallest absolute Gasteiger partial charge is 0.306 e. The second-order valence-electron chi connectivity index (χ2n) is 5.59. The van der Waals surface area contributed by atoms with Crippen LogP contribution in [0.3, 0.4) is 0 Å². The Morgan fingerprint density at radius 1 is 1.29 bits per heavy atom. The Bertz CT molecular complexity index is 640. The molecule has 1 aliphatic heterocycles. The highest BCUT2D eigenvalue weighted by Gasteiger charge is 2.23. The summed E-state index contributed by atoms with van der Waals surface area (Å²) < 4.78 is 1.97. The highest BCUT2D eigenvalue weighted by atomic mass is 32.2. The molecule has 0 saturated carbocycles. The highest BCUT2D eigenvalue weighted by Crippen LogP contribution is 2.24. The summed E-state index contributed by atoms with van der Waals surface area (Å²) >= 11 is 2.00. The average Bonchev–Trinajstić information content (AvgIpc) is 2.84. The van der Waals surface area contributed by atoms with Crippen LogP contribution in [-0.4, -0.2) is 45.6 Å². The Kier molecular flexibility index (Phi) is 4.70. The Balaban J connectivity index is 1.68. The maximum absolute atomic E-state index is 12.2. The number of fused-ring (bicyclic) bond motifs is 1. The monoisotopic (exact) mass is 305 g/mol. The van der Waals surface area contributed by atoms with Crippen molar-refractivity contribution in [1.29, 1.82) is 0 Å². The molecule has 114 valence electrons. The maximum Gasteiger partial charge on any atom is 0.326 e. The van der Waals surface area contributed by atoms with Crippen LogP contribution in [-0.2, 0) is 0 Å². The van der Waals surface area contributed by atoms with E-state index >= 15 is 0 Å². The summed E-state index contributed by atoms with van der Waals surface area (Å²) in [4.78, 5) is 17.7. The third-order valence-electron chi connectivity index (χ3n) is 4.30. The lowest BCUT2D eigenvalue weighted by molar-refractivity contribution is 0.196. The largest absolute Gasteiger partial charge is 0.326 e. The first-order chi connectivity index (χ1) is 10.3. The van der Waals surface area contributed by atoms with E-state index in [4.69, 9.17) is 0 Å². The summed E-state index contributed by atoms with van der Waals surface area (Å²) in [5.41, 5.74) is 2.03. The number of para-hydroxylation sites is 2. The number of aromatic nitrogens is 2. The fraction of sp³-hybridized carbons (Fsp3) is 0.562. The van der Waals surface area contributed by atoms with Gasteiger partial charge in [0.2, 0.25) is 0 Å². The molecule has 0 unspecified atom stereocenters. The quantitative estimate of drug-likeness (QED) is 0.864. The molecule has 1 N–H and O–H groups in total. The standard InChI is InChI=1S/C16H23N3OS/c1-2-21-12-11-18-9-7-13(8-10-18)19-15-6-4-3-5-14(15)17-16(19)20/h3-6,13H,2,7-12H2,1H3,(H,17,20). The number of nitrogens with zero attached hydrogens (tertiary/aromatic N) is 2. The van der Waals surface area contributed by atoms with Crippen LogP contribution in [0.2, 0.25) is 0 Å². The molecule has 2 heterocycles. The van der Waals surface area contributed by atoms with Crippen LogP contribution < -0.4 is 5.69 Å². The van der Waals surface area contributed by atoms with Gasteiger partial charge in [-0.2, -0.15) is 11.8 Å². The lowest BCUT2D eigenvalue weighted by atomic mass is 10.0. The number of rotatable bonds is 5. The molecule has 3 rings (SSSR count). The number of hydrogen-bond acceptors (Lipinski definition) is 3. The number of hydrogen-bond donors (Lipinski definition) is 1. The van der Waals surface area contributed by atoms with E-state index in [0.29, 0.717) is 6.04 Å². The first-order valence-electron chi connectivity index (χ1n) is 7.79. The molecule has 0 atom stereocenters. The van der Waals surface area contributed by atoms with Crippen molar-refractivity contribution in [3.63, 3.8) is 0 Å². The molecule has 0 amide bonds. The number of imidazole rings is 1. The molecule has 21 heavy (non-hydrogen) atoms. The van der Waals surface area contributed by atoms with Crippen molar-refractivity contribution in [2.45, 2.75) is 25.8 Å². The van der Waals surface area contributed by atoms with Crippen molar-refractivity contribution in [2.75, 3.05) is 31.1 Å². The van der Waals surface area contributed by atoms with Crippen LogP contribution in [0.1, 0.15) is 25.8 Å². The van der Waals surface area contributed by atoms with Gasteiger partial charge in [0.05, 0.1) is 11.0 Å². The predicted molar refractivity (Wildman–Crippen MR) is 90.3 cm³/mol. The number of H-pyrrole nitrogens is 1. The molecular formula is C16H23N3OS. The normalized spacial score (nSPS) is 17.6. The van der Waals surface area contributed by atoms with Crippen molar-refractivity contribution >= 4 is 22.8 Å². The molecule has 0 spiro atoms. The lowest BCUT2D eigenvalue weighted by Gasteiger charge is -2.32. The fourth-order valence-corrected chi connectivity index (χ4v) is 3.85. The molecule has 1 fully saturated rings. The van der Waals surface area contributed by atoms with Gasteiger partial charge in [0.1, 0.15) is 0 Å². The summed E-state index contributed by atoms with van der Waals surface area (Å²) in [7, 11) is 0. The van der Waals surface area contributed by atoms with Crippen LogP contribution in [0.25, 0.3) is 11.0 Å². The molecular weight excluding hydrogens is 282 g/mol. The van der Waals surface area contributed by atoms with Gasteiger partial charge in [-0.3, -0.25) is 4.57 Å². The van der Waals surface area contributed by atoms with Crippen molar-refractivity contribution < 1.29 is 0 Å². The lowest BCUT2D eigenvalue weighted by Crippen LogP contribution is -2.38. The second kappa shape index (κ2) is 6.71. The Labute approximate surface area is 129 Å². The van der Waals surface area contributed by atoms with E-state index in [0.717, 1.165) is 37.0 Å². The predicted octanol–water partition coefficient (Wildman–Crippen LogP) is 2.72. The molecule has 5 heteroatoms. The number of benzene rings is 1. The maximum atomic E-state index is 12.2. The van der Waals surface area contributed by atoms with Crippen molar-refractivity contribution in [2.24, 2.45) is 0 Å². The van der Waals surface area contributed by atoms with Crippen LogP contribution >= 0.6 is 11.8 Å². The topological polar surface area (TPSA) is 41.0 Å². The molecule has 0 bridgehead atoms. The summed E-state index contributed by atoms with van der Waals surface area (Å²) in [5.74, 6) is 2.41. The van der Waals surface area contributed by atoms with Gasteiger partial charge in [0.25, 0.3) is 0 Å². The number of likely N-dealkylation sites (tertiary alicyclic amines) is 1. The minimum Gasteiger partial charge on any atom is -0.306 e. The van der Waals surface area contributed by atoms with Gasteiger partial charge in [-0.25, -0.2) is 4.79 Å². The SMILES string of the molecule is CCSCCN1CCC(n2c(=O)[nH]c3ccccc32)CC1. The molecule has 1 aliphatic rings. The Hall–Kier alpha value is -1.20. The molecule has 1 saturated heterocycles. The first-order valence-corrected chi connectivity index (χ1v) is 8.94. The van der Waals surface area contributed by atoms with E-state index in [9.17, 15) is 4.79 Å². The summed E-state index contributed by atoms with van der Waals surface area (Å²) in [5, 5.41) is 0. The molecule has 4 nitrogen and oxygen atoms in total. The molecule has 1 aromatic heterocycles. The zero-order valence-electron chi connectivity index (χ0n) is 12.5. The van der Waals surface area contributed by atoms with Gasteiger partial charge in [-0.1, -0.05) is 19.1 Å². The van der Waals surface area contributed by atoms with E-state index in [1.807, 2.05) is 40.6 Å². The fourth-order valence-electron chi connectivity index (χ4n) is 3.18. The molecule has 0 aliphatic carbocycles. The third-order valence-corrected chi connectivity index (χ3v) is 5.18. The number of thioether (sulfide) groups is 1. The van der Waals surface area contributed by atoms with Crippen molar-refractivity contribution in [3.05, 3.63) is 34.7 Å². The molecule has 0 radical (unpaired) electrons. The van der Waals surface area contributed by atoms with E-state index in [1.165, 1.54) is 18.1 Å². The second-order valence-corrected chi connectivity index (χ2v) is 6.98. The van der Waals surface area contributed by atoms with Crippen LogP contribution in [0.15, 0.2) is 29.1 Å². The van der Waals surface area contributed by atoms with Crippen molar-refractivity contribution in [1.82, 2.24) is 14.5 Å². The van der Waals surface area contributed by atoms with Gasteiger partial charge < -0.3 is 9.88 Å². The van der Waals surface area contributed by atoms with E-state index in [-0.39, 0.29) is 5.69 Å². The zero-order valence-corrected chi connectivity index (χ0v) is 13.4. The number of aromatic amines is 1. The first kappa shape index (κ1) is 14.7. The Morgan fingerprint density at radius 2 is 2.05 bits per heavy atom.